The van der Waals surface area contributed by atoms with Gasteiger partial charge in [0.15, 0.2) is 0 Å². The molecule has 21 heavy (non-hydrogen) atoms. The fourth-order valence-electron chi connectivity index (χ4n) is 1.62. The number of ether oxygens (including phenoxy) is 1. The van der Waals surface area contributed by atoms with Crippen LogP contribution in [0.2, 0.25) is 0 Å². The molecule has 0 radical (unpaired) electrons. The minimum atomic E-state index is -0.264. The van der Waals surface area contributed by atoms with Crippen molar-refractivity contribution in [2.75, 3.05) is 18.5 Å². The predicted octanol–water partition coefficient (Wildman–Crippen LogP) is 1.76. The zero-order valence-electron chi connectivity index (χ0n) is 11.8. The van der Waals surface area contributed by atoms with E-state index in [1.165, 1.54) is 16.9 Å². The number of hydrogen-bond acceptors (Lipinski definition) is 6. The Morgan fingerprint density at radius 3 is 2.81 bits per heavy atom. The average molecular weight is 306 g/mol. The second-order valence-corrected chi connectivity index (χ2v) is 5.58. The number of amides is 1. The average Bonchev–Trinajstić information content (AvgIpc) is 2.93. The predicted molar refractivity (Wildman–Crippen MR) is 82.6 cm³/mol. The lowest BCUT2D eigenvalue weighted by atomic mass is 10.2. The molecule has 0 atom stereocenters. The van der Waals surface area contributed by atoms with Gasteiger partial charge in [0, 0.05) is 6.42 Å². The number of carbonyl (C=O) groups excluding carboxylic acids is 1. The Kier molecular flexibility index (Phi) is 5.65. The number of hydrogen-bond donors (Lipinski definition) is 2. The zero-order chi connectivity index (χ0) is 15.1. The molecule has 1 heterocycles. The molecule has 7 heteroatoms. The first kappa shape index (κ1) is 15.4. The van der Waals surface area contributed by atoms with E-state index >= 15 is 0 Å². The van der Waals surface area contributed by atoms with E-state index in [0.717, 1.165) is 23.6 Å². The summed E-state index contributed by atoms with van der Waals surface area (Å²) in [6.07, 6.45) is 1.61. The summed E-state index contributed by atoms with van der Waals surface area (Å²) in [4.78, 5) is 11.1. The van der Waals surface area contributed by atoms with Crippen molar-refractivity contribution >= 4 is 22.4 Å². The molecule has 1 aromatic carbocycles. The molecule has 0 saturated carbocycles. The number of nitrogens with zero attached hydrogens (tertiary/aromatic N) is 2. The van der Waals surface area contributed by atoms with Gasteiger partial charge >= 0.3 is 0 Å². The molecule has 3 N–H and O–H groups in total. The van der Waals surface area contributed by atoms with Crippen LogP contribution < -0.4 is 15.8 Å². The van der Waals surface area contributed by atoms with Crippen LogP contribution in [0.15, 0.2) is 24.3 Å². The van der Waals surface area contributed by atoms with Gasteiger partial charge in [0.1, 0.15) is 10.8 Å². The number of aryl methyl sites for hydroxylation is 2. The molecule has 112 valence electrons. The van der Waals surface area contributed by atoms with Crippen molar-refractivity contribution in [3.05, 3.63) is 34.8 Å². The summed E-state index contributed by atoms with van der Waals surface area (Å²) in [5.74, 6) is 0.606. The number of carbonyl (C=O) groups is 1. The molecular formula is C14H18N4O2S. The quantitative estimate of drug-likeness (QED) is 0.761. The Labute approximate surface area is 127 Å². The lowest BCUT2D eigenvalue weighted by Gasteiger charge is -2.05. The third-order valence-corrected chi connectivity index (χ3v) is 3.62. The van der Waals surface area contributed by atoms with Gasteiger partial charge in [0.05, 0.1) is 13.2 Å². The van der Waals surface area contributed by atoms with E-state index in [1.54, 1.807) is 0 Å². The van der Waals surface area contributed by atoms with Gasteiger partial charge in [0.2, 0.25) is 11.0 Å². The van der Waals surface area contributed by atoms with Crippen LogP contribution in [0.1, 0.15) is 17.0 Å². The summed E-state index contributed by atoms with van der Waals surface area (Å²) in [7, 11) is 0. The summed E-state index contributed by atoms with van der Waals surface area (Å²) in [5, 5.41) is 11.8. The van der Waals surface area contributed by atoms with E-state index in [0.29, 0.717) is 11.7 Å². The molecule has 0 saturated heterocycles. The van der Waals surface area contributed by atoms with Gasteiger partial charge in [-0.2, -0.15) is 0 Å². The zero-order valence-corrected chi connectivity index (χ0v) is 12.7. The molecule has 0 aliphatic carbocycles. The Bertz CT molecular complexity index is 583. The highest BCUT2D eigenvalue weighted by Crippen LogP contribution is 2.17. The summed E-state index contributed by atoms with van der Waals surface area (Å²) >= 11 is 1.36. The highest BCUT2D eigenvalue weighted by molar-refractivity contribution is 7.15. The number of aromatic nitrogens is 2. The molecular weight excluding hydrogens is 288 g/mol. The monoisotopic (exact) mass is 306 g/mol. The SMILES string of the molecule is Cc1ccc(OCCCc2nnc(NC(=O)CN)s2)cc1. The smallest absolute Gasteiger partial charge is 0.239 e. The second kappa shape index (κ2) is 7.70. The molecule has 2 aromatic rings. The fourth-order valence-corrected chi connectivity index (χ4v) is 2.42. The van der Waals surface area contributed by atoms with Crippen LogP contribution in [0.5, 0.6) is 5.75 Å². The van der Waals surface area contributed by atoms with Crippen LogP contribution in [0.25, 0.3) is 0 Å². The Balaban J connectivity index is 1.71. The van der Waals surface area contributed by atoms with Crippen molar-refractivity contribution in [3.8, 4) is 5.75 Å². The van der Waals surface area contributed by atoms with Crippen molar-refractivity contribution < 1.29 is 9.53 Å². The van der Waals surface area contributed by atoms with Crippen LogP contribution >= 0.6 is 11.3 Å². The maximum atomic E-state index is 11.1. The van der Waals surface area contributed by atoms with Crippen LogP contribution in [0.4, 0.5) is 5.13 Å². The highest BCUT2D eigenvalue weighted by Gasteiger charge is 2.06. The lowest BCUT2D eigenvalue weighted by molar-refractivity contribution is -0.114. The number of nitrogens with two attached hydrogens (primary N) is 1. The molecule has 0 unspecified atom stereocenters. The normalized spacial score (nSPS) is 10.4. The van der Waals surface area contributed by atoms with Gasteiger partial charge in [-0.25, -0.2) is 0 Å². The number of nitrogens with one attached hydrogen (secondary N) is 1. The van der Waals surface area contributed by atoms with Gasteiger partial charge in [-0.05, 0) is 25.5 Å². The molecule has 0 fully saturated rings. The third kappa shape index (κ3) is 5.13. The van der Waals surface area contributed by atoms with Crippen molar-refractivity contribution in [2.24, 2.45) is 5.73 Å². The van der Waals surface area contributed by atoms with Crippen LogP contribution in [-0.4, -0.2) is 29.3 Å². The standard InChI is InChI=1S/C14H18N4O2S/c1-10-4-6-11(7-5-10)20-8-2-3-13-17-18-14(21-13)16-12(19)9-15/h4-7H,2-3,8-9,15H2,1H3,(H,16,18,19). The Morgan fingerprint density at radius 2 is 2.10 bits per heavy atom. The van der Waals surface area contributed by atoms with Crippen molar-refractivity contribution in [1.82, 2.24) is 10.2 Å². The molecule has 1 amide bonds. The van der Waals surface area contributed by atoms with E-state index in [2.05, 4.69) is 15.5 Å². The number of rotatable bonds is 7. The van der Waals surface area contributed by atoms with Gasteiger partial charge in [-0.1, -0.05) is 29.0 Å². The van der Waals surface area contributed by atoms with Crippen molar-refractivity contribution in [1.29, 1.82) is 0 Å². The Hall–Kier alpha value is -1.99. The maximum absolute atomic E-state index is 11.1. The van der Waals surface area contributed by atoms with Gasteiger partial charge < -0.3 is 10.5 Å². The summed E-state index contributed by atoms with van der Waals surface area (Å²) in [5.41, 5.74) is 6.43. The molecule has 2 rings (SSSR count). The molecule has 0 aliphatic heterocycles. The topological polar surface area (TPSA) is 90.1 Å². The van der Waals surface area contributed by atoms with Crippen LogP contribution in [0, 0.1) is 6.92 Å². The van der Waals surface area contributed by atoms with E-state index in [9.17, 15) is 4.79 Å². The van der Waals surface area contributed by atoms with Gasteiger partial charge in [-0.3, -0.25) is 10.1 Å². The van der Waals surface area contributed by atoms with Crippen LogP contribution in [0.3, 0.4) is 0 Å². The molecule has 0 bridgehead atoms. The van der Waals surface area contributed by atoms with E-state index in [-0.39, 0.29) is 12.5 Å². The number of benzene rings is 1. The van der Waals surface area contributed by atoms with Crippen molar-refractivity contribution in [3.63, 3.8) is 0 Å². The number of anilines is 1. The van der Waals surface area contributed by atoms with E-state index in [1.807, 2.05) is 31.2 Å². The van der Waals surface area contributed by atoms with E-state index in [4.69, 9.17) is 10.5 Å². The third-order valence-electron chi connectivity index (χ3n) is 2.72. The summed E-state index contributed by atoms with van der Waals surface area (Å²) in [6.45, 7) is 2.60. The van der Waals surface area contributed by atoms with Gasteiger partial charge in [-0.15, -0.1) is 10.2 Å². The summed E-state index contributed by atoms with van der Waals surface area (Å²) in [6, 6.07) is 7.96. The molecule has 0 spiro atoms. The Morgan fingerprint density at radius 1 is 1.33 bits per heavy atom. The van der Waals surface area contributed by atoms with Gasteiger partial charge in [0.25, 0.3) is 0 Å². The maximum Gasteiger partial charge on any atom is 0.239 e. The minimum Gasteiger partial charge on any atom is -0.494 e. The molecule has 1 aromatic heterocycles. The van der Waals surface area contributed by atoms with E-state index < -0.39 is 0 Å². The largest absolute Gasteiger partial charge is 0.494 e. The lowest BCUT2D eigenvalue weighted by Crippen LogP contribution is -2.21. The van der Waals surface area contributed by atoms with Crippen LogP contribution in [-0.2, 0) is 11.2 Å². The fraction of sp³-hybridized carbons (Fsp3) is 0.357. The first-order chi connectivity index (χ1) is 10.2. The minimum absolute atomic E-state index is 0.0562. The highest BCUT2D eigenvalue weighted by atomic mass is 32.1. The molecule has 0 aliphatic rings. The van der Waals surface area contributed by atoms with Crippen molar-refractivity contribution in [2.45, 2.75) is 19.8 Å². The molecule has 6 nitrogen and oxygen atoms in total. The first-order valence-electron chi connectivity index (χ1n) is 6.69. The second-order valence-electron chi connectivity index (χ2n) is 4.52. The summed E-state index contributed by atoms with van der Waals surface area (Å²) < 4.78 is 5.64. The first-order valence-corrected chi connectivity index (χ1v) is 7.51.